The molecule has 0 bridgehead atoms. The molecular formula is C12H13N3O3S2. The van der Waals surface area contributed by atoms with Crippen LogP contribution in [0.25, 0.3) is 0 Å². The van der Waals surface area contributed by atoms with E-state index in [-0.39, 0.29) is 17.4 Å². The number of carbonyl (C=O) groups is 1. The van der Waals surface area contributed by atoms with Gasteiger partial charge in [-0.2, -0.15) is 4.98 Å². The standard InChI is InChI=1S/C12H13N3O3S2/c1-7-5-19-11(13-7)8(2)15-4-3-9(16)14-12(15)20-6-10(17)18/h3-5,8H,6H2,1-2H3,(H,17,18). The third kappa shape index (κ3) is 3.45. The van der Waals surface area contributed by atoms with Crippen LogP contribution in [0, 0.1) is 6.92 Å². The highest BCUT2D eigenvalue weighted by Crippen LogP contribution is 2.25. The van der Waals surface area contributed by atoms with E-state index in [4.69, 9.17) is 5.11 Å². The maximum Gasteiger partial charge on any atom is 0.313 e. The molecule has 0 amide bonds. The molecule has 0 saturated carbocycles. The molecule has 2 aromatic heterocycles. The van der Waals surface area contributed by atoms with Crippen molar-refractivity contribution in [3.8, 4) is 0 Å². The molecule has 0 aliphatic rings. The van der Waals surface area contributed by atoms with Crippen LogP contribution in [0.1, 0.15) is 23.7 Å². The number of rotatable bonds is 5. The summed E-state index contributed by atoms with van der Waals surface area (Å²) < 4.78 is 1.77. The molecule has 6 nitrogen and oxygen atoms in total. The van der Waals surface area contributed by atoms with Crippen molar-refractivity contribution in [2.24, 2.45) is 0 Å². The summed E-state index contributed by atoms with van der Waals surface area (Å²) in [6, 6.07) is 1.26. The fourth-order valence-electron chi connectivity index (χ4n) is 1.61. The average molecular weight is 311 g/mol. The Morgan fingerprint density at radius 3 is 2.90 bits per heavy atom. The lowest BCUT2D eigenvalue weighted by molar-refractivity contribution is -0.133. The van der Waals surface area contributed by atoms with E-state index in [0.29, 0.717) is 5.16 Å². The van der Waals surface area contributed by atoms with Crippen molar-refractivity contribution in [3.05, 3.63) is 38.7 Å². The van der Waals surface area contributed by atoms with Crippen molar-refractivity contribution in [2.45, 2.75) is 25.0 Å². The molecule has 20 heavy (non-hydrogen) atoms. The van der Waals surface area contributed by atoms with Gasteiger partial charge in [-0.25, -0.2) is 4.98 Å². The van der Waals surface area contributed by atoms with Crippen molar-refractivity contribution >= 4 is 29.1 Å². The molecular weight excluding hydrogens is 298 g/mol. The Morgan fingerprint density at radius 1 is 1.55 bits per heavy atom. The minimum Gasteiger partial charge on any atom is -0.481 e. The zero-order valence-electron chi connectivity index (χ0n) is 10.9. The second-order valence-electron chi connectivity index (χ2n) is 4.14. The lowest BCUT2D eigenvalue weighted by atomic mass is 10.3. The van der Waals surface area contributed by atoms with Crippen molar-refractivity contribution in [1.82, 2.24) is 14.5 Å². The van der Waals surface area contributed by atoms with E-state index >= 15 is 0 Å². The Hall–Kier alpha value is -1.67. The average Bonchev–Trinajstić information content (AvgIpc) is 2.82. The van der Waals surface area contributed by atoms with Crippen LogP contribution in [-0.4, -0.2) is 31.4 Å². The lowest BCUT2D eigenvalue weighted by Crippen LogP contribution is -2.17. The van der Waals surface area contributed by atoms with Crippen LogP contribution in [0.3, 0.4) is 0 Å². The second kappa shape index (κ2) is 6.19. The summed E-state index contributed by atoms with van der Waals surface area (Å²) in [5, 5.41) is 12.0. The zero-order valence-corrected chi connectivity index (χ0v) is 12.6. The van der Waals surface area contributed by atoms with E-state index in [1.165, 1.54) is 17.4 Å². The first kappa shape index (κ1) is 14.7. The Bertz CT molecular complexity index is 681. The number of thioether (sulfide) groups is 1. The first-order valence-electron chi connectivity index (χ1n) is 5.83. The molecule has 8 heteroatoms. The van der Waals surface area contributed by atoms with Crippen molar-refractivity contribution in [3.63, 3.8) is 0 Å². The van der Waals surface area contributed by atoms with E-state index in [0.717, 1.165) is 22.5 Å². The Morgan fingerprint density at radius 2 is 2.30 bits per heavy atom. The van der Waals surface area contributed by atoms with Gasteiger partial charge >= 0.3 is 5.97 Å². The fraction of sp³-hybridized carbons (Fsp3) is 0.333. The second-order valence-corrected chi connectivity index (χ2v) is 5.97. The number of nitrogens with zero attached hydrogens (tertiary/aromatic N) is 3. The minimum absolute atomic E-state index is 0.0990. The molecule has 0 radical (unpaired) electrons. The van der Waals surface area contributed by atoms with Crippen LogP contribution in [0.5, 0.6) is 0 Å². The summed E-state index contributed by atoms with van der Waals surface area (Å²) in [6.45, 7) is 3.85. The highest BCUT2D eigenvalue weighted by atomic mass is 32.2. The lowest BCUT2D eigenvalue weighted by Gasteiger charge is -2.16. The monoisotopic (exact) mass is 311 g/mol. The number of aryl methyl sites for hydroxylation is 1. The molecule has 1 unspecified atom stereocenters. The summed E-state index contributed by atoms with van der Waals surface area (Å²) in [5.74, 6) is -1.09. The molecule has 0 saturated heterocycles. The van der Waals surface area contributed by atoms with Gasteiger partial charge in [-0.3, -0.25) is 9.59 Å². The summed E-state index contributed by atoms with van der Waals surface area (Å²) in [7, 11) is 0. The fourth-order valence-corrected chi connectivity index (χ4v) is 3.23. The first-order valence-corrected chi connectivity index (χ1v) is 7.69. The number of hydrogen-bond acceptors (Lipinski definition) is 6. The van der Waals surface area contributed by atoms with Crippen LogP contribution in [0.4, 0.5) is 0 Å². The SMILES string of the molecule is Cc1csc(C(C)n2ccc(=O)nc2SCC(=O)O)n1. The normalized spacial score (nSPS) is 12.3. The van der Waals surface area contributed by atoms with Crippen LogP contribution in [0.2, 0.25) is 0 Å². The molecule has 2 rings (SSSR count). The highest BCUT2D eigenvalue weighted by molar-refractivity contribution is 7.99. The summed E-state index contributed by atoms with van der Waals surface area (Å²) >= 11 is 2.55. The van der Waals surface area contributed by atoms with Gasteiger partial charge in [0.1, 0.15) is 5.01 Å². The number of carboxylic acid groups (broad SMARTS) is 1. The predicted molar refractivity (Wildman–Crippen MR) is 77.5 cm³/mol. The van der Waals surface area contributed by atoms with Gasteiger partial charge in [-0.15, -0.1) is 11.3 Å². The summed E-state index contributed by atoms with van der Waals surface area (Å²) in [6.07, 6.45) is 1.63. The summed E-state index contributed by atoms with van der Waals surface area (Å²) in [5.41, 5.74) is 0.558. The van der Waals surface area contributed by atoms with Gasteiger partial charge in [0.25, 0.3) is 5.56 Å². The Balaban J connectivity index is 2.34. The van der Waals surface area contributed by atoms with Crippen molar-refractivity contribution in [2.75, 3.05) is 5.75 Å². The maximum atomic E-state index is 11.4. The molecule has 106 valence electrons. The van der Waals surface area contributed by atoms with Gasteiger partial charge < -0.3 is 9.67 Å². The van der Waals surface area contributed by atoms with Crippen molar-refractivity contribution in [1.29, 1.82) is 0 Å². The molecule has 0 fully saturated rings. The van der Waals surface area contributed by atoms with Gasteiger partial charge in [-0.05, 0) is 13.8 Å². The van der Waals surface area contributed by atoms with E-state index < -0.39 is 5.97 Å². The van der Waals surface area contributed by atoms with Crippen molar-refractivity contribution < 1.29 is 9.90 Å². The third-order valence-electron chi connectivity index (χ3n) is 2.54. The highest BCUT2D eigenvalue weighted by Gasteiger charge is 2.16. The zero-order chi connectivity index (χ0) is 14.7. The molecule has 0 aromatic carbocycles. The van der Waals surface area contributed by atoms with Crippen LogP contribution < -0.4 is 5.56 Å². The quantitative estimate of drug-likeness (QED) is 0.669. The number of thiazole rings is 1. The van der Waals surface area contributed by atoms with Crippen LogP contribution in [0.15, 0.2) is 27.6 Å². The van der Waals surface area contributed by atoms with Gasteiger partial charge in [0.2, 0.25) is 0 Å². The summed E-state index contributed by atoms with van der Waals surface area (Å²) in [4.78, 5) is 30.3. The van der Waals surface area contributed by atoms with Crippen LogP contribution >= 0.6 is 23.1 Å². The number of aliphatic carboxylic acids is 1. The van der Waals surface area contributed by atoms with E-state index in [1.54, 1.807) is 10.8 Å². The van der Waals surface area contributed by atoms with Gasteiger partial charge in [0, 0.05) is 23.3 Å². The topological polar surface area (TPSA) is 85.1 Å². The molecule has 0 aliphatic heterocycles. The predicted octanol–water partition coefficient (Wildman–Crippen LogP) is 1.79. The molecule has 0 aliphatic carbocycles. The van der Waals surface area contributed by atoms with E-state index in [9.17, 15) is 9.59 Å². The molecule has 1 atom stereocenters. The van der Waals surface area contributed by atoms with Crippen LogP contribution in [-0.2, 0) is 4.79 Å². The Kier molecular flexibility index (Phi) is 4.56. The smallest absolute Gasteiger partial charge is 0.313 e. The molecule has 2 aromatic rings. The Labute approximate surface area is 123 Å². The first-order chi connectivity index (χ1) is 9.47. The van der Waals surface area contributed by atoms with Gasteiger partial charge in [0.05, 0.1) is 11.8 Å². The number of aromatic nitrogens is 3. The molecule has 0 spiro atoms. The molecule has 1 N–H and O–H groups in total. The molecule has 2 heterocycles. The van der Waals surface area contributed by atoms with Gasteiger partial charge in [0.15, 0.2) is 5.16 Å². The van der Waals surface area contributed by atoms with E-state index in [1.807, 2.05) is 19.2 Å². The van der Waals surface area contributed by atoms with Gasteiger partial charge in [-0.1, -0.05) is 11.8 Å². The number of carboxylic acids is 1. The third-order valence-corrected chi connectivity index (χ3v) is 4.63. The maximum absolute atomic E-state index is 11.4. The largest absolute Gasteiger partial charge is 0.481 e. The minimum atomic E-state index is -0.947. The van der Waals surface area contributed by atoms with E-state index in [2.05, 4.69) is 9.97 Å². The number of hydrogen-bond donors (Lipinski definition) is 1.